The second-order valence-corrected chi connectivity index (χ2v) is 9.67. The maximum Gasteiger partial charge on any atom is 0.215 e. The van der Waals surface area contributed by atoms with Crippen LogP contribution < -0.4 is 5.32 Å². The number of nitrogens with zero attached hydrogens (tertiary/aromatic N) is 4. The summed E-state index contributed by atoms with van der Waals surface area (Å²) in [6, 6.07) is 0. The number of aliphatic imine (C=N–C) groups is 1. The molecule has 7 nitrogen and oxygen atoms in total. The van der Waals surface area contributed by atoms with Gasteiger partial charge in [0.15, 0.2) is 5.96 Å². The number of halogens is 1. The number of rotatable bonds is 8. The van der Waals surface area contributed by atoms with Gasteiger partial charge in [0.2, 0.25) is 10.0 Å². The summed E-state index contributed by atoms with van der Waals surface area (Å²) in [5, 5.41) is 4.25. The van der Waals surface area contributed by atoms with Crippen LogP contribution in [0.5, 0.6) is 0 Å². The summed E-state index contributed by atoms with van der Waals surface area (Å²) in [7, 11) is 0.440. The minimum Gasteiger partial charge on any atom is -0.355 e. The molecule has 2 rings (SSSR count). The second-order valence-electron chi connectivity index (χ2n) is 6.41. The van der Waals surface area contributed by atoms with E-state index in [4.69, 9.17) is 4.98 Å². The smallest absolute Gasteiger partial charge is 0.215 e. The predicted octanol–water partition coefficient (Wildman–Crippen LogP) is 2.32. The molecule has 1 aliphatic carbocycles. The van der Waals surface area contributed by atoms with Crippen LogP contribution in [-0.2, 0) is 29.4 Å². The van der Waals surface area contributed by atoms with Crippen LogP contribution in [0.2, 0.25) is 0 Å². The summed E-state index contributed by atoms with van der Waals surface area (Å²) in [5.74, 6) is 0.750. The number of sulfonamides is 1. The Labute approximate surface area is 184 Å². The lowest BCUT2D eigenvalue weighted by atomic mass is 10.0. The monoisotopic (exact) mass is 529 g/mol. The highest BCUT2D eigenvalue weighted by molar-refractivity contribution is 14.0. The first-order chi connectivity index (χ1) is 12.4. The Morgan fingerprint density at radius 2 is 1.93 bits per heavy atom. The molecule has 27 heavy (non-hydrogen) atoms. The topological polar surface area (TPSA) is 77.9 Å². The van der Waals surface area contributed by atoms with Crippen LogP contribution in [0.25, 0.3) is 0 Å². The van der Waals surface area contributed by atoms with Crippen molar-refractivity contribution < 1.29 is 8.42 Å². The maximum absolute atomic E-state index is 12.3. The largest absolute Gasteiger partial charge is 0.355 e. The average Bonchev–Trinajstić information content (AvgIpc) is 3.01. The van der Waals surface area contributed by atoms with Crippen molar-refractivity contribution in [2.24, 2.45) is 4.99 Å². The van der Waals surface area contributed by atoms with E-state index in [1.54, 1.807) is 18.4 Å². The molecule has 0 saturated carbocycles. The van der Waals surface area contributed by atoms with Gasteiger partial charge in [0.1, 0.15) is 5.01 Å². The summed E-state index contributed by atoms with van der Waals surface area (Å²) in [6.45, 7) is 5.73. The molecule has 1 heterocycles. The van der Waals surface area contributed by atoms with E-state index >= 15 is 0 Å². The van der Waals surface area contributed by atoms with Crippen molar-refractivity contribution in [3.63, 3.8) is 0 Å². The highest BCUT2D eigenvalue weighted by Gasteiger charge is 2.19. The minimum absolute atomic E-state index is 0. The fourth-order valence-corrected chi connectivity index (χ4v) is 5.79. The molecule has 0 radical (unpaired) electrons. The van der Waals surface area contributed by atoms with Gasteiger partial charge in [0, 0.05) is 38.6 Å². The zero-order chi connectivity index (χ0) is 19.2. The molecule has 0 spiro atoms. The summed E-state index contributed by atoms with van der Waals surface area (Å²) in [5.41, 5.74) is 1.26. The standard InChI is InChI=1S/C17H31N5O2S2.HI/c1-5-22(6-2)26(23,24)12-11-19-17(18-3)21(4)13-16-20-14-9-7-8-10-15(14)25-16;/h5-13H2,1-4H3,(H,18,19);1H. The molecule has 156 valence electrons. The summed E-state index contributed by atoms with van der Waals surface area (Å²) in [6.07, 6.45) is 4.73. The molecule has 0 bridgehead atoms. The van der Waals surface area contributed by atoms with Gasteiger partial charge < -0.3 is 10.2 Å². The molecule has 1 aliphatic rings. The van der Waals surface area contributed by atoms with Crippen molar-refractivity contribution in [1.82, 2.24) is 19.5 Å². The van der Waals surface area contributed by atoms with Crippen molar-refractivity contribution in [3.8, 4) is 0 Å². The van der Waals surface area contributed by atoms with Gasteiger partial charge in [-0.2, -0.15) is 0 Å². The molecule has 0 aliphatic heterocycles. The Morgan fingerprint density at radius 3 is 2.52 bits per heavy atom. The third-order valence-electron chi connectivity index (χ3n) is 4.58. The fraction of sp³-hybridized carbons (Fsp3) is 0.765. The second kappa shape index (κ2) is 11.5. The predicted molar refractivity (Wildman–Crippen MR) is 124 cm³/mol. The number of hydrogen-bond donors (Lipinski definition) is 1. The van der Waals surface area contributed by atoms with E-state index in [0.717, 1.165) is 17.8 Å². The van der Waals surface area contributed by atoms with Gasteiger partial charge in [-0.1, -0.05) is 13.8 Å². The van der Waals surface area contributed by atoms with E-state index < -0.39 is 10.0 Å². The lowest BCUT2D eigenvalue weighted by molar-refractivity contribution is 0.443. The molecule has 0 saturated heterocycles. The van der Waals surface area contributed by atoms with Gasteiger partial charge in [-0.25, -0.2) is 17.7 Å². The van der Waals surface area contributed by atoms with Crippen molar-refractivity contribution in [1.29, 1.82) is 0 Å². The fourth-order valence-electron chi connectivity index (χ4n) is 3.17. The molecule has 0 amide bonds. The van der Waals surface area contributed by atoms with Crippen LogP contribution in [0, 0.1) is 0 Å². The quantitative estimate of drug-likeness (QED) is 0.318. The molecule has 1 N–H and O–H groups in total. The molecule has 0 unspecified atom stereocenters. The molecule has 0 atom stereocenters. The maximum atomic E-state index is 12.3. The molecule has 0 fully saturated rings. The van der Waals surface area contributed by atoms with E-state index in [-0.39, 0.29) is 29.7 Å². The SMILES string of the molecule is CCN(CC)S(=O)(=O)CCNC(=NC)N(C)Cc1nc2c(s1)CCCC2.I. The number of aromatic nitrogens is 1. The Bertz CT molecular complexity index is 693. The Hall–Kier alpha value is -0.460. The molecule has 0 aromatic carbocycles. The van der Waals surface area contributed by atoms with Crippen LogP contribution >= 0.6 is 35.3 Å². The third kappa shape index (κ3) is 6.82. The van der Waals surface area contributed by atoms with Crippen LogP contribution in [0.15, 0.2) is 4.99 Å². The first-order valence-electron chi connectivity index (χ1n) is 9.28. The average molecular weight is 530 g/mol. The van der Waals surface area contributed by atoms with Crippen molar-refractivity contribution in [2.45, 2.75) is 46.1 Å². The van der Waals surface area contributed by atoms with Crippen molar-refractivity contribution in [3.05, 3.63) is 15.6 Å². The number of guanidine groups is 1. The van der Waals surface area contributed by atoms with Gasteiger partial charge >= 0.3 is 0 Å². The molecule has 10 heteroatoms. The van der Waals surface area contributed by atoms with E-state index in [2.05, 4.69) is 10.3 Å². The lowest BCUT2D eigenvalue weighted by Gasteiger charge is -2.22. The number of nitrogens with one attached hydrogen (secondary N) is 1. The number of fused-ring (bicyclic) bond motifs is 1. The van der Waals surface area contributed by atoms with Crippen molar-refractivity contribution >= 4 is 51.3 Å². The van der Waals surface area contributed by atoms with Gasteiger partial charge in [-0.15, -0.1) is 35.3 Å². The highest BCUT2D eigenvalue weighted by Crippen LogP contribution is 2.27. The van der Waals surface area contributed by atoms with Crippen LogP contribution in [0.4, 0.5) is 0 Å². The molecular weight excluding hydrogens is 497 g/mol. The lowest BCUT2D eigenvalue weighted by Crippen LogP contribution is -2.42. The Balaban J connectivity index is 0.00000364. The van der Waals surface area contributed by atoms with E-state index in [1.807, 2.05) is 25.8 Å². The van der Waals surface area contributed by atoms with E-state index in [9.17, 15) is 8.42 Å². The van der Waals surface area contributed by atoms with Gasteiger partial charge in [0.05, 0.1) is 18.0 Å². The number of thiazole rings is 1. The molecule has 1 aromatic heterocycles. The van der Waals surface area contributed by atoms with Crippen LogP contribution in [0.1, 0.15) is 42.3 Å². The minimum atomic E-state index is -3.23. The van der Waals surface area contributed by atoms with E-state index in [1.165, 1.54) is 27.7 Å². The third-order valence-corrected chi connectivity index (χ3v) is 7.74. The van der Waals surface area contributed by atoms with Crippen LogP contribution in [-0.4, -0.2) is 68.0 Å². The molecular formula is C17H32IN5O2S2. The number of hydrogen-bond acceptors (Lipinski definition) is 5. The summed E-state index contributed by atoms with van der Waals surface area (Å²) < 4.78 is 26.0. The summed E-state index contributed by atoms with van der Waals surface area (Å²) in [4.78, 5) is 12.5. The van der Waals surface area contributed by atoms with Crippen molar-refractivity contribution in [2.75, 3.05) is 39.5 Å². The first-order valence-corrected chi connectivity index (χ1v) is 11.7. The zero-order valence-electron chi connectivity index (χ0n) is 16.7. The van der Waals surface area contributed by atoms with Crippen LogP contribution in [0.3, 0.4) is 0 Å². The number of aryl methyl sites for hydroxylation is 2. The Kier molecular flexibility index (Phi) is 10.5. The zero-order valence-corrected chi connectivity index (χ0v) is 20.7. The van der Waals surface area contributed by atoms with E-state index in [0.29, 0.717) is 32.1 Å². The van der Waals surface area contributed by atoms with Gasteiger partial charge in [0.25, 0.3) is 0 Å². The molecule has 1 aromatic rings. The van der Waals surface area contributed by atoms with Gasteiger partial charge in [-0.05, 0) is 25.7 Å². The Morgan fingerprint density at radius 1 is 1.26 bits per heavy atom. The van der Waals surface area contributed by atoms with Gasteiger partial charge in [-0.3, -0.25) is 4.99 Å². The highest BCUT2D eigenvalue weighted by atomic mass is 127. The summed E-state index contributed by atoms with van der Waals surface area (Å²) >= 11 is 1.79. The normalized spacial score (nSPS) is 14.6. The first kappa shape index (κ1) is 24.6.